The maximum Gasteiger partial charge on any atom is 0.132 e. The Morgan fingerprint density at radius 3 is 1.71 bits per heavy atom. The summed E-state index contributed by atoms with van der Waals surface area (Å²) in [5.74, 6) is 1.78. The van der Waals surface area contributed by atoms with Crippen molar-refractivity contribution in [3.05, 3.63) is 141 Å². The number of halogens is 2. The van der Waals surface area contributed by atoms with Crippen LogP contribution >= 0.6 is 23.2 Å². The highest BCUT2D eigenvalue weighted by molar-refractivity contribution is 6.35. The number of fused-ring (bicyclic) bond motifs is 9. The Balaban J connectivity index is 1.62. The third-order valence-corrected chi connectivity index (χ3v) is 7.48. The van der Waals surface area contributed by atoms with E-state index in [0.717, 1.165) is 33.8 Å². The van der Waals surface area contributed by atoms with Gasteiger partial charge in [0, 0.05) is 21.2 Å². The van der Waals surface area contributed by atoms with E-state index in [1.54, 1.807) is 6.07 Å². The molecule has 7 rings (SSSR count). The molecule has 0 amide bonds. The second-order valence-electron chi connectivity index (χ2n) is 8.81. The monoisotopic (exact) mass is 476 g/mol. The van der Waals surface area contributed by atoms with Crippen LogP contribution in [0.15, 0.2) is 109 Å². The predicted octanol–water partition coefficient (Wildman–Crippen LogP) is 9.13. The SMILES string of the molecule is Clc1cc(Cl)cc(-c2ccc3c(c2)C2(c4ccccc4Oc4ccccc42)c2ccccc2-3)c1. The summed E-state index contributed by atoms with van der Waals surface area (Å²) >= 11 is 12.7. The van der Waals surface area contributed by atoms with Crippen molar-refractivity contribution in [2.45, 2.75) is 5.41 Å². The van der Waals surface area contributed by atoms with Gasteiger partial charge in [-0.2, -0.15) is 0 Å². The van der Waals surface area contributed by atoms with Gasteiger partial charge in [-0.25, -0.2) is 0 Å². The fourth-order valence-electron chi connectivity index (χ4n) is 5.75. The summed E-state index contributed by atoms with van der Waals surface area (Å²) in [7, 11) is 0. The van der Waals surface area contributed by atoms with Crippen molar-refractivity contribution in [2.24, 2.45) is 0 Å². The highest BCUT2D eigenvalue weighted by atomic mass is 35.5. The number of hydrogen-bond acceptors (Lipinski definition) is 1. The van der Waals surface area contributed by atoms with Crippen molar-refractivity contribution in [2.75, 3.05) is 0 Å². The van der Waals surface area contributed by atoms with E-state index in [-0.39, 0.29) is 0 Å². The van der Waals surface area contributed by atoms with Gasteiger partial charge in [0.15, 0.2) is 0 Å². The lowest BCUT2D eigenvalue weighted by atomic mass is 9.66. The smallest absolute Gasteiger partial charge is 0.132 e. The summed E-state index contributed by atoms with van der Waals surface area (Å²) in [4.78, 5) is 0. The first-order chi connectivity index (χ1) is 16.7. The first kappa shape index (κ1) is 19.9. The lowest BCUT2D eigenvalue weighted by Gasteiger charge is -2.39. The molecule has 2 aliphatic rings. The molecular weight excluding hydrogens is 459 g/mol. The third kappa shape index (κ3) is 2.63. The average molecular weight is 477 g/mol. The highest BCUT2D eigenvalue weighted by Crippen LogP contribution is 2.62. The van der Waals surface area contributed by atoms with Gasteiger partial charge in [0.2, 0.25) is 0 Å². The van der Waals surface area contributed by atoms with Crippen LogP contribution in [-0.4, -0.2) is 0 Å². The van der Waals surface area contributed by atoms with Gasteiger partial charge in [-0.15, -0.1) is 0 Å². The molecule has 3 heteroatoms. The summed E-state index contributed by atoms with van der Waals surface area (Å²) < 4.78 is 6.41. The molecule has 1 aliphatic heterocycles. The second-order valence-corrected chi connectivity index (χ2v) is 9.68. The standard InChI is InChI=1S/C31H18Cl2O/c32-21-15-20(16-22(33)18-21)19-13-14-24-23-7-1-2-8-25(23)31(28(24)17-19)26-9-3-5-11-29(26)34-30-12-6-4-10-27(30)31/h1-18H. The van der Waals surface area contributed by atoms with Crippen molar-refractivity contribution < 1.29 is 4.74 Å². The average Bonchev–Trinajstić information content (AvgIpc) is 3.14. The van der Waals surface area contributed by atoms with Crippen LogP contribution in [0.2, 0.25) is 10.0 Å². The quantitative estimate of drug-likeness (QED) is 0.229. The van der Waals surface area contributed by atoms with Crippen molar-refractivity contribution in [3.8, 4) is 33.8 Å². The third-order valence-electron chi connectivity index (χ3n) is 7.04. The zero-order valence-electron chi connectivity index (χ0n) is 18.1. The van der Waals surface area contributed by atoms with Crippen molar-refractivity contribution in [1.82, 2.24) is 0 Å². The first-order valence-corrected chi connectivity index (χ1v) is 12.0. The molecule has 0 unspecified atom stereocenters. The number of para-hydroxylation sites is 2. The fourth-order valence-corrected chi connectivity index (χ4v) is 6.28. The summed E-state index contributed by atoms with van der Waals surface area (Å²) in [6, 6.07) is 37.9. The normalized spacial score (nSPS) is 14.1. The predicted molar refractivity (Wildman–Crippen MR) is 139 cm³/mol. The Bertz CT molecular complexity index is 1550. The minimum absolute atomic E-state index is 0.476. The molecule has 0 N–H and O–H groups in total. The van der Waals surface area contributed by atoms with Gasteiger partial charge in [-0.1, -0.05) is 96.0 Å². The van der Waals surface area contributed by atoms with Crippen molar-refractivity contribution in [1.29, 1.82) is 0 Å². The minimum Gasteiger partial charge on any atom is -0.457 e. The molecule has 0 bridgehead atoms. The molecule has 5 aromatic rings. The van der Waals surface area contributed by atoms with Crippen LogP contribution in [0.1, 0.15) is 22.3 Å². The van der Waals surface area contributed by atoms with Gasteiger partial charge < -0.3 is 4.74 Å². The minimum atomic E-state index is -0.476. The van der Waals surface area contributed by atoms with Gasteiger partial charge in [-0.05, 0) is 69.8 Å². The molecular formula is C31H18Cl2O. The number of ether oxygens (including phenoxy) is 1. The van der Waals surface area contributed by atoms with Crippen LogP contribution in [0.25, 0.3) is 22.3 Å². The van der Waals surface area contributed by atoms with E-state index in [2.05, 4.69) is 78.9 Å². The summed E-state index contributed by atoms with van der Waals surface area (Å²) in [6.07, 6.45) is 0. The molecule has 0 fully saturated rings. The van der Waals surface area contributed by atoms with Crippen LogP contribution in [0.4, 0.5) is 0 Å². The number of benzene rings is 5. The maximum absolute atomic E-state index is 6.41. The molecule has 162 valence electrons. The zero-order chi connectivity index (χ0) is 22.9. The highest BCUT2D eigenvalue weighted by Gasteiger charge is 2.50. The van der Waals surface area contributed by atoms with Gasteiger partial charge in [-0.3, -0.25) is 0 Å². The van der Waals surface area contributed by atoms with Crippen LogP contribution < -0.4 is 4.74 Å². The maximum atomic E-state index is 6.41. The molecule has 0 aromatic heterocycles. The van der Waals surface area contributed by atoms with E-state index in [9.17, 15) is 0 Å². The lowest BCUT2D eigenvalue weighted by molar-refractivity contribution is 0.436. The number of rotatable bonds is 1. The molecule has 0 radical (unpaired) electrons. The van der Waals surface area contributed by atoms with Gasteiger partial charge >= 0.3 is 0 Å². The molecule has 0 atom stereocenters. The van der Waals surface area contributed by atoms with Crippen LogP contribution in [-0.2, 0) is 5.41 Å². The molecule has 1 spiro atoms. The topological polar surface area (TPSA) is 9.23 Å². The summed E-state index contributed by atoms with van der Waals surface area (Å²) in [5, 5.41) is 1.26. The molecule has 5 aromatic carbocycles. The van der Waals surface area contributed by atoms with E-state index in [1.807, 2.05) is 24.3 Å². The Morgan fingerprint density at radius 1 is 0.471 bits per heavy atom. The van der Waals surface area contributed by atoms with E-state index >= 15 is 0 Å². The van der Waals surface area contributed by atoms with Gasteiger partial charge in [0.25, 0.3) is 0 Å². The second kappa shape index (κ2) is 7.24. The molecule has 0 saturated heterocycles. The molecule has 0 saturated carbocycles. The van der Waals surface area contributed by atoms with E-state index < -0.39 is 5.41 Å². The van der Waals surface area contributed by atoms with Crippen LogP contribution in [0.5, 0.6) is 11.5 Å². The van der Waals surface area contributed by atoms with Gasteiger partial charge in [0.05, 0.1) is 5.41 Å². The zero-order valence-corrected chi connectivity index (χ0v) is 19.6. The van der Waals surface area contributed by atoms with E-state index in [4.69, 9.17) is 27.9 Å². The van der Waals surface area contributed by atoms with Crippen LogP contribution in [0.3, 0.4) is 0 Å². The fraction of sp³-hybridized carbons (Fsp3) is 0.0323. The Hall–Kier alpha value is -3.52. The molecule has 1 aliphatic carbocycles. The molecule has 1 heterocycles. The summed E-state index contributed by atoms with van der Waals surface area (Å²) in [5.41, 5.74) is 8.91. The lowest BCUT2D eigenvalue weighted by Crippen LogP contribution is -2.32. The summed E-state index contributed by atoms with van der Waals surface area (Å²) in [6.45, 7) is 0. The van der Waals surface area contributed by atoms with E-state index in [0.29, 0.717) is 10.0 Å². The Morgan fingerprint density at radius 2 is 1.03 bits per heavy atom. The van der Waals surface area contributed by atoms with Crippen molar-refractivity contribution in [3.63, 3.8) is 0 Å². The van der Waals surface area contributed by atoms with E-state index in [1.165, 1.54) is 22.3 Å². The first-order valence-electron chi connectivity index (χ1n) is 11.2. The largest absolute Gasteiger partial charge is 0.457 e. The van der Waals surface area contributed by atoms with Gasteiger partial charge in [0.1, 0.15) is 11.5 Å². The Kier molecular flexibility index (Phi) is 4.24. The molecule has 34 heavy (non-hydrogen) atoms. The van der Waals surface area contributed by atoms with Crippen LogP contribution in [0, 0.1) is 0 Å². The Labute approximate surface area is 208 Å². The number of hydrogen-bond donors (Lipinski definition) is 0. The molecule has 1 nitrogen and oxygen atoms in total. The van der Waals surface area contributed by atoms with Crippen molar-refractivity contribution >= 4 is 23.2 Å².